The lowest BCUT2D eigenvalue weighted by Crippen LogP contribution is -2.05. The Bertz CT molecular complexity index is 28.7. The van der Waals surface area contributed by atoms with Crippen LogP contribution in [0.1, 0.15) is 13.8 Å². The summed E-state index contributed by atoms with van der Waals surface area (Å²) < 4.78 is 6.48. The van der Waals surface area contributed by atoms with Crippen molar-refractivity contribution in [2.45, 2.75) is 13.8 Å². The maximum absolute atomic E-state index is 6.48. The molecule has 0 atom stereocenters. The molecule has 0 aliphatic heterocycles. The molecule has 0 bridgehead atoms. The zero-order chi connectivity index (χ0) is 4.99. The molecule has 0 aliphatic rings. The first-order chi connectivity index (χ1) is 2.77. The SMILES string of the molecule is [3H]NCC(C)C. The van der Waals surface area contributed by atoms with Crippen molar-refractivity contribution in [3.05, 3.63) is 0 Å². The van der Waals surface area contributed by atoms with E-state index < -0.39 is 0 Å². The molecule has 0 saturated carbocycles. The van der Waals surface area contributed by atoms with E-state index in [4.69, 9.17) is 1.41 Å². The molecule has 0 aliphatic carbocycles. The molecule has 32 valence electrons. The topological polar surface area (TPSA) is 26.0 Å². The van der Waals surface area contributed by atoms with Crippen LogP contribution in [0, 0.1) is 5.92 Å². The van der Waals surface area contributed by atoms with Gasteiger partial charge in [-0.15, -0.1) is 0 Å². The predicted molar refractivity (Wildman–Crippen MR) is 23.9 cm³/mol. The first-order valence-corrected chi connectivity index (χ1v) is 1.92. The zero-order valence-corrected chi connectivity index (χ0v) is 3.78. The van der Waals surface area contributed by atoms with Gasteiger partial charge in [0.15, 0.2) is 0 Å². The minimum atomic E-state index is 0.600. The van der Waals surface area contributed by atoms with E-state index >= 15 is 0 Å². The van der Waals surface area contributed by atoms with Gasteiger partial charge in [-0.2, -0.15) is 0 Å². The molecule has 0 unspecified atom stereocenters. The van der Waals surface area contributed by atoms with Crippen LogP contribution in [0.5, 0.6) is 0 Å². The molecule has 0 radical (unpaired) electrons. The van der Waals surface area contributed by atoms with Crippen LogP contribution in [0.2, 0.25) is 1.41 Å². The Kier molecular flexibility index (Phi) is 1.40. The molecule has 0 aromatic heterocycles. The summed E-state index contributed by atoms with van der Waals surface area (Å²) in [4.78, 5) is 0. The Morgan fingerprint density at radius 3 is 2.60 bits per heavy atom. The molecule has 2 N–H and O–H groups in total. The highest BCUT2D eigenvalue weighted by Gasteiger charge is 1.80. The third-order valence-corrected chi connectivity index (χ3v) is 0.408. The second-order valence-corrected chi connectivity index (χ2v) is 1.60. The fourth-order valence-corrected chi connectivity index (χ4v) is 0. The fraction of sp³-hybridized carbons (Fsp3) is 1.00. The van der Waals surface area contributed by atoms with Gasteiger partial charge in [0, 0.05) is 0 Å². The molecule has 5 heavy (non-hydrogen) atoms. The minimum absolute atomic E-state index is 0.600. The van der Waals surface area contributed by atoms with Crippen molar-refractivity contribution in [2.75, 3.05) is 6.54 Å². The van der Waals surface area contributed by atoms with Gasteiger partial charge in [-0.05, 0) is 12.5 Å². The van der Waals surface area contributed by atoms with E-state index in [-0.39, 0.29) is 0 Å². The van der Waals surface area contributed by atoms with E-state index in [9.17, 15) is 0 Å². The quantitative estimate of drug-likeness (QED) is 0.511. The molecular formula is C4H11N. The molecule has 0 aromatic rings. The van der Waals surface area contributed by atoms with Crippen LogP contribution in [0.25, 0.3) is 0 Å². The molecule has 0 aromatic carbocycles. The van der Waals surface area contributed by atoms with Crippen LogP contribution in [-0.2, 0) is 0 Å². The third-order valence-electron chi connectivity index (χ3n) is 0.408. The maximum Gasteiger partial charge on any atom is 0.118 e. The van der Waals surface area contributed by atoms with Crippen LogP contribution in [-0.4, -0.2) is 6.54 Å². The maximum atomic E-state index is 6.48. The van der Waals surface area contributed by atoms with Crippen LogP contribution in [0.3, 0.4) is 0 Å². The Hall–Kier alpha value is -0.0400. The fourth-order valence-electron chi connectivity index (χ4n) is 0. The normalized spacial score (nSPS) is 12.2. The lowest BCUT2D eigenvalue weighted by molar-refractivity contribution is 0.664. The van der Waals surface area contributed by atoms with Crippen molar-refractivity contribution >= 4 is 0 Å². The van der Waals surface area contributed by atoms with Crippen molar-refractivity contribution in [3.63, 3.8) is 0 Å². The van der Waals surface area contributed by atoms with Gasteiger partial charge in [0.05, 0.1) is 0 Å². The monoisotopic (exact) mass is 75.1 g/mol. The Morgan fingerprint density at radius 2 is 2.60 bits per heavy atom. The summed E-state index contributed by atoms with van der Waals surface area (Å²) in [6, 6.07) is 0. The summed E-state index contributed by atoms with van der Waals surface area (Å²) in [5.74, 6) is 0.600. The first-order valence-electron chi connectivity index (χ1n) is 2.42. The molecule has 1 heteroatoms. The zero-order valence-electron chi connectivity index (χ0n) is 4.78. The van der Waals surface area contributed by atoms with E-state index in [1.807, 2.05) is 0 Å². The van der Waals surface area contributed by atoms with Gasteiger partial charge in [-0.1, -0.05) is 13.8 Å². The van der Waals surface area contributed by atoms with Crippen molar-refractivity contribution < 1.29 is 1.41 Å². The average Bonchev–Trinajstić information content (AvgIpc) is 1.35. The van der Waals surface area contributed by atoms with Gasteiger partial charge in [-0.3, -0.25) is 0 Å². The van der Waals surface area contributed by atoms with Crippen molar-refractivity contribution in [3.8, 4) is 0 Å². The number of hydrogen-bond donors (Lipinski definition) is 1. The van der Waals surface area contributed by atoms with Crippen LogP contribution in [0.15, 0.2) is 0 Å². The number of rotatable bonds is 2. The van der Waals surface area contributed by atoms with Crippen molar-refractivity contribution in [1.29, 1.82) is 0 Å². The smallest absolute Gasteiger partial charge is 0.118 e. The summed E-state index contributed by atoms with van der Waals surface area (Å²) in [6.07, 6.45) is 0. The van der Waals surface area contributed by atoms with Gasteiger partial charge >= 0.3 is 0 Å². The van der Waals surface area contributed by atoms with Gasteiger partial charge in [0.2, 0.25) is 0 Å². The van der Waals surface area contributed by atoms with Gasteiger partial charge in [0.25, 0.3) is 0 Å². The van der Waals surface area contributed by atoms with Gasteiger partial charge in [-0.25, -0.2) is 0 Å². The Balaban J connectivity index is 2.63. The average molecular weight is 75.1 g/mol. The van der Waals surface area contributed by atoms with E-state index in [1.165, 1.54) is 0 Å². The molecule has 1 nitrogen and oxygen atoms in total. The molecular weight excluding hydrogens is 62.1 g/mol. The highest BCUT2D eigenvalue weighted by molar-refractivity contribution is 4.38. The summed E-state index contributed by atoms with van der Waals surface area (Å²) in [7, 11) is 0. The van der Waals surface area contributed by atoms with E-state index in [0.717, 1.165) is 6.54 Å². The molecule has 0 rings (SSSR count). The van der Waals surface area contributed by atoms with E-state index in [1.54, 1.807) is 0 Å². The largest absolute Gasteiger partial charge is 0.330 e. The van der Waals surface area contributed by atoms with Gasteiger partial charge < -0.3 is 5.73 Å². The Labute approximate surface area is 34.6 Å². The number of nitrogens with two attached hydrogens (primary N) is 1. The third kappa shape index (κ3) is 3.96. The number of hydrogen-bond acceptors (Lipinski definition) is 1. The van der Waals surface area contributed by atoms with Crippen LogP contribution in [0.4, 0.5) is 0 Å². The van der Waals surface area contributed by atoms with Crippen molar-refractivity contribution in [2.24, 2.45) is 11.6 Å². The predicted octanol–water partition coefficient (Wildman–Crippen LogP) is 0.601. The highest BCUT2D eigenvalue weighted by Crippen LogP contribution is 1.81. The molecule has 0 amide bonds. The second-order valence-electron chi connectivity index (χ2n) is 1.60. The lowest BCUT2D eigenvalue weighted by Gasteiger charge is -1.91. The Morgan fingerprint density at radius 1 is 2.00 bits per heavy atom. The minimum Gasteiger partial charge on any atom is -0.330 e. The van der Waals surface area contributed by atoms with Crippen molar-refractivity contribution in [1.82, 2.24) is 0 Å². The first kappa shape index (κ1) is 3.16. The second kappa shape index (κ2) is 2.21. The lowest BCUT2D eigenvalue weighted by atomic mass is 10.2. The van der Waals surface area contributed by atoms with Crippen LogP contribution < -0.4 is 5.73 Å². The standard InChI is InChI=1S/C4H11N/c1-4(2)3-5/h4H,3,5H2,1-2H3/i/hT. The van der Waals surface area contributed by atoms with Gasteiger partial charge in [0.1, 0.15) is 1.41 Å². The van der Waals surface area contributed by atoms with Crippen LogP contribution >= 0.6 is 0 Å². The summed E-state index contributed by atoms with van der Waals surface area (Å²) in [5.41, 5.74) is 2.32. The molecule has 0 spiro atoms. The summed E-state index contributed by atoms with van der Waals surface area (Å²) >= 11 is 0. The summed E-state index contributed by atoms with van der Waals surface area (Å²) in [5, 5.41) is 0. The van der Waals surface area contributed by atoms with E-state index in [0.29, 0.717) is 5.92 Å². The molecule has 0 saturated heterocycles. The molecule has 0 fully saturated rings. The molecule has 0 heterocycles. The van der Waals surface area contributed by atoms with E-state index in [2.05, 4.69) is 19.6 Å². The summed E-state index contributed by atoms with van der Waals surface area (Å²) in [6.45, 7) is 4.93. The highest BCUT2D eigenvalue weighted by atomic mass is 14.5.